The van der Waals surface area contributed by atoms with Gasteiger partial charge >= 0.3 is 0 Å². The molecule has 0 fully saturated rings. The summed E-state index contributed by atoms with van der Waals surface area (Å²) in [5.74, 6) is 0.542. The van der Waals surface area contributed by atoms with Crippen LogP contribution in [-0.2, 0) is 0 Å². The molecule has 1 aromatic carbocycles. The molecule has 2 nitrogen and oxygen atoms in total. The number of aliphatic hydroxyl groups is 1. The fourth-order valence-corrected chi connectivity index (χ4v) is 2.62. The van der Waals surface area contributed by atoms with Gasteiger partial charge in [0.1, 0.15) is 17.4 Å². The van der Waals surface area contributed by atoms with E-state index in [0.717, 1.165) is 16.5 Å². The van der Waals surface area contributed by atoms with Crippen LogP contribution >= 0.6 is 22.9 Å². The number of rotatable bonds is 2. The summed E-state index contributed by atoms with van der Waals surface area (Å²) in [6, 6.07) is 9.11. The zero-order chi connectivity index (χ0) is 11.8. The van der Waals surface area contributed by atoms with Crippen molar-refractivity contribution in [2.75, 3.05) is 0 Å². The lowest BCUT2D eigenvalue weighted by atomic mass is 10.1. The molecule has 4 heteroatoms. The molecule has 3 rings (SSSR count). The van der Waals surface area contributed by atoms with E-state index in [9.17, 15) is 5.11 Å². The molecule has 0 aliphatic heterocycles. The molecule has 17 heavy (non-hydrogen) atoms. The summed E-state index contributed by atoms with van der Waals surface area (Å²) in [6.07, 6.45) is -0.715. The van der Waals surface area contributed by atoms with Crippen LogP contribution in [0.5, 0.6) is 0 Å². The summed E-state index contributed by atoms with van der Waals surface area (Å²) in [5, 5.41) is 15.5. The molecule has 0 saturated carbocycles. The van der Waals surface area contributed by atoms with Gasteiger partial charge in [-0.2, -0.15) is 11.3 Å². The average molecular weight is 265 g/mol. The number of hydrogen-bond donors (Lipinski definition) is 1. The number of thiophene rings is 1. The van der Waals surface area contributed by atoms with Gasteiger partial charge in [-0.25, -0.2) is 0 Å². The maximum absolute atomic E-state index is 10.1. The minimum atomic E-state index is -0.715. The van der Waals surface area contributed by atoms with Crippen molar-refractivity contribution < 1.29 is 9.52 Å². The molecule has 0 spiro atoms. The maximum Gasteiger partial charge on any atom is 0.138 e. The lowest BCUT2D eigenvalue weighted by Gasteiger charge is -2.03. The van der Waals surface area contributed by atoms with Crippen molar-refractivity contribution in [1.29, 1.82) is 0 Å². The van der Waals surface area contributed by atoms with Crippen molar-refractivity contribution in [2.24, 2.45) is 0 Å². The molecule has 0 aliphatic carbocycles. The largest absolute Gasteiger partial charge is 0.458 e. The normalized spacial score (nSPS) is 13.1. The summed E-state index contributed by atoms with van der Waals surface area (Å²) in [5.41, 5.74) is 1.58. The van der Waals surface area contributed by atoms with Crippen molar-refractivity contribution in [3.63, 3.8) is 0 Å². The van der Waals surface area contributed by atoms with E-state index < -0.39 is 6.10 Å². The van der Waals surface area contributed by atoms with Crippen LogP contribution in [0, 0.1) is 0 Å². The van der Waals surface area contributed by atoms with Crippen molar-refractivity contribution >= 4 is 33.9 Å². The molecule has 2 heterocycles. The Morgan fingerprint density at radius 1 is 1.24 bits per heavy atom. The van der Waals surface area contributed by atoms with Gasteiger partial charge in [-0.05, 0) is 46.7 Å². The molecule has 3 aromatic rings. The van der Waals surface area contributed by atoms with Gasteiger partial charge in [0.25, 0.3) is 0 Å². The smallest absolute Gasteiger partial charge is 0.138 e. The highest BCUT2D eigenvalue weighted by Crippen LogP contribution is 2.30. The van der Waals surface area contributed by atoms with Crippen molar-refractivity contribution in [3.05, 3.63) is 57.4 Å². The average Bonchev–Trinajstić information content (AvgIpc) is 2.96. The molecule has 1 atom stereocenters. The van der Waals surface area contributed by atoms with Crippen LogP contribution in [0.1, 0.15) is 17.4 Å². The quantitative estimate of drug-likeness (QED) is 0.751. The first-order chi connectivity index (χ1) is 8.24. The van der Waals surface area contributed by atoms with Crippen molar-refractivity contribution in [2.45, 2.75) is 6.10 Å². The molecule has 0 saturated heterocycles. The van der Waals surface area contributed by atoms with Gasteiger partial charge in [0.15, 0.2) is 0 Å². The summed E-state index contributed by atoms with van der Waals surface area (Å²) >= 11 is 7.45. The van der Waals surface area contributed by atoms with Gasteiger partial charge in [-0.15, -0.1) is 0 Å². The zero-order valence-electron chi connectivity index (χ0n) is 8.76. The van der Waals surface area contributed by atoms with Crippen LogP contribution in [0.25, 0.3) is 11.0 Å². The second-order valence-electron chi connectivity index (χ2n) is 3.79. The van der Waals surface area contributed by atoms with E-state index in [1.807, 2.05) is 35.0 Å². The Labute approximate surface area is 107 Å². The first kappa shape index (κ1) is 10.8. The fraction of sp³-hybridized carbons (Fsp3) is 0.0769. The Balaban J connectivity index is 2.06. The van der Waals surface area contributed by atoms with Crippen LogP contribution in [0.4, 0.5) is 0 Å². The Morgan fingerprint density at radius 3 is 2.88 bits per heavy atom. The molecule has 1 unspecified atom stereocenters. The predicted molar refractivity (Wildman–Crippen MR) is 69.6 cm³/mol. The minimum Gasteiger partial charge on any atom is -0.458 e. The Kier molecular flexibility index (Phi) is 2.67. The molecule has 0 bridgehead atoms. The molecular formula is C13H9ClO2S. The maximum atomic E-state index is 10.1. The van der Waals surface area contributed by atoms with E-state index >= 15 is 0 Å². The summed E-state index contributed by atoms with van der Waals surface area (Å²) in [7, 11) is 0. The highest BCUT2D eigenvalue weighted by atomic mass is 35.5. The lowest BCUT2D eigenvalue weighted by molar-refractivity contribution is 0.193. The fourth-order valence-electron chi connectivity index (χ4n) is 1.76. The highest BCUT2D eigenvalue weighted by Gasteiger charge is 2.15. The Hall–Kier alpha value is -1.29. The second kappa shape index (κ2) is 4.18. The van der Waals surface area contributed by atoms with Crippen molar-refractivity contribution in [3.8, 4) is 0 Å². The minimum absolute atomic E-state index is 0.542. The summed E-state index contributed by atoms with van der Waals surface area (Å²) < 4.78 is 5.60. The van der Waals surface area contributed by atoms with Gasteiger partial charge in [-0.1, -0.05) is 11.6 Å². The van der Waals surface area contributed by atoms with E-state index in [1.54, 1.807) is 17.4 Å². The zero-order valence-corrected chi connectivity index (χ0v) is 10.3. The van der Waals surface area contributed by atoms with Gasteiger partial charge in [0.2, 0.25) is 0 Å². The second-order valence-corrected chi connectivity index (χ2v) is 5.01. The van der Waals surface area contributed by atoms with Crippen LogP contribution < -0.4 is 0 Å². The van der Waals surface area contributed by atoms with Gasteiger partial charge in [-0.3, -0.25) is 0 Å². The van der Waals surface area contributed by atoms with E-state index in [2.05, 4.69) is 0 Å². The summed E-state index contributed by atoms with van der Waals surface area (Å²) in [4.78, 5) is 0. The SMILES string of the molecule is OC(c1ccsc1)c1cc2cc(Cl)ccc2o1. The molecular weight excluding hydrogens is 256 g/mol. The third-order valence-corrected chi connectivity index (χ3v) is 3.56. The first-order valence-electron chi connectivity index (χ1n) is 5.13. The Bertz CT molecular complexity index is 643. The van der Waals surface area contributed by atoms with Crippen LogP contribution in [0.15, 0.2) is 45.5 Å². The van der Waals surface area contributed by atoms with E-state index in [1.165, 1.54) is 0 Å². The van der Waals surface area contributed by atoms with E-state index in [0.29, 0.717) is 10.8 Å². The van der Waals surface area contributed by atoms with Crippen molar-refractivity contribution in [1.82, 2.24) is 0 Å². The Morgan fingerprint density at radius 2 is 2.12 bits per heavy atom. The molecule has 0 aliphatic rings. The number of benzene rings is 1. The van der Waals surface area contributed by atoms with Gasteiger partial charge in [0.05, 0.1) is 0 Å². The number of furan rings is 1. The molecule has 0 amide bonds. The third-order valence-electron chi connectivity index (χ3n) is 2.63. The topological polar surface area (TPSA) is 33.4 Å². The summed E-state index contributed by atoms with van der Waals surface area (Å²) in [6.45, 7) is 0. The number of fused-ring (bicyclic) bond motifs is 1. The van der Waals surface area contributed by atoms with E-state index in [-0.39, 0.29) is 0 Å². The predicted octanol–water partition coefficient (Wildman–Crippen LogP) is 4.23. The molecule has 1 N–H and O–H groups in total. The molecule has 86 valence electrons. The number of hydrogen-bond acceptors (Lipinski definition) is 3. The van der Waals surface area contributed by atoms with E-state index in [4.69, 9.17) is 16.0 Å². The monoisotopic (exact) mass is 264 g/mol. The molecule has 2 aromatic heterocycles. The van der Waals surface area contributed by atoms with Crippen LogP contribution in [-0.4, -0.2) is 5.11 Å². The van der Waals surface area contributed by atoms with Crippen LogP contribution in [0.3, 0.4) is 0 Å². The number of halogens is 1. The third kappa shape index (κ3) is 1.97. The lowest BCUT2D eigenvalue weighted by Crippen LogP contribution is -1.94. The van der Waals surface area contributed by atoms with Gasteiger partial charge in [0, 0.05) is 10.4 Å². The highest BCUT2D eigenvalue weighted by molar-refractivity contribution is 7.07. The molecule has 0 radical (unpaired) electrons. The number of aliphatic hydroxyl groups excluding tert-OH is 1. The van der Waals surface area contributed by atoms with Crippen LogP contribution in [0.2, 0.25) is 5.02 Å². The first-order valence-corrected chi connectivity index (χ1v) is 6.45. The van der Waals surface area contributed by atoms with Gasteiger partial charge < -0.3 is 9.52 Å². The standard InChI is InChI=1S/C13H9ClO2S/c14-10-1-2-11-9(5-10)6-12(16-11)13(15)8-3-4-17-7-8/h1-7,13,15H.